The number of carbonyl (C=O) groups is 1. The van der Waals surface area contributed by atoms with Crippen molar-refractivity contribution in [3.63, 3.8) is 0 Å². The number of rotatable bonds is 5. The highest BCUT2D eigenvalue weighted by Gasteiger charge is 2.17. The van der Waals surface area contributed by atoms with Crippen LogP contribution in [-0.2, 0) is 0 Å². The van der Waals surface area contributed by atoms with Crippen molar-refractivity contribution in [2.45, 2.75) is 19.4 Å². The van der Waals surface area contributed by atoms with Gasteiger partial charge in [0.1, 0.15) is 0 Å². The van der Waals surface area contributed by atoms with Gasteiger partial charge in [-0.3, -0.25) is 9.59 Å². The molecule has 0 fully saturated rings. The van der Waals surface area contributed by atoms with Crippen molar-refractivity contribution in [2.24, 2.45) is 5.73 Å². The van der Waals surface area contributed by atoms with E-state index >= 15 is 0 Å². The molecule has 4 N–H and O–H groups in total. The molecule has 2 heterocycles. The van der Waals surface area contributed by atoms with Gasteiger partial charge >= 0.3 is 0 Å². The summed E-state index contributed by atoms with van der Waals surface area (Å²) in [6.45, 7) is 1.98. The van der Waals surface area contributed by atoms with E-state index < -0.39 is 5.91 Å². The number of benzene rings is 1. The van der Waals surface area contributed by atoms with Crippen LogP contribution in [0.15, 0.2) is 47.5 Å². The minimum atomic E-state index is -0.492. The van der Waals surface area contributed by atoms with Crippen molar-refractivity contribution in [2.75, 3.05) is 6.61 Å². The number of aliphatic hydroxyl groups is 1. The second kappa shape index (κ2) is 6.33. The van der Waals surface area contributed by atoms with Crippen LogP contribution in [0.4, 0.5) is 0 Å². The van der Waals surface area contributed by atoms with Crippen LogP contribution in [0.3, 0.4) is 0 Å². The van der Waals surface area contributed by atoms with Gasteiger partial charge in [0.05, 0.1) is 23.6 Å². The molecule has 0 bridgehead atoms. The predicted molar refractivity (Wildman–Crippen MR) is 92.9 cm³/mol. The maximum Gasteiger partial charge on any atom is 0.258 e. The minimum absolute atomic E-state index is 0.00681. The fourth-order valence-electron chi connectivity index (χ4n) is 2.97. The predicted octanol–water partition coefficient (Wildman–Crippen LogP) is 2.04. The van der Waals surface area contributed by atoms with Gasteiger partial charge in [-0.05, 0) is 30.2 Å². The third-order valence-corrected chi connectivity index (χ3v) is 4.31. The van der Waals surface area contributed by atoms with Crippen molar-refractivity contribution >= 4 is 16.8 Å². The first-order valence-corrected chi connectivity index (χ1v) is 7.80. The van der Waals surface area contributed by atoms with E-state index in [9.17, 15) is 14.7 Å². The molecule has 1 atom stereocenters. The van der Waals surface area contributed by atoms with Gasteiger partial charge in [-0.25, -0.2) is 0 Å². The van der Waals surface area contributed by atoms with E-state index in [1.165, 1.54) is 0 Å². The highest BCUT2D eigenvalue weighted by Crippen LogP contribution is 2.31. The van der Waals surface area contributed by atoms with Gasteiger partial charge in [0.2, 0.25) is 5.91 Å². The Labute approximate surface area is 138 Å². The van der Waals surface area contributed by atoms with E-state index in [0.717, 1.165) is 23.1 Å². The molecule has 0 spiro atoms. The molecule has 3 rings (SSSR count). The summed E-state index contributed by atoms with van der Waals surface area (Å²) in [4.78, 5) is 26.3. The number of H-pyrrole nitrogens is 1. The van der Waals surface area contributed by atoms with Gasteiger partial charge in [-0.1, -0.05) is 19.1 Å². The molecule has 24 heavy (non-hydrogen) atoms. The number of hydrogen-bond acceptors (Lipinski definition) is 3. The third-order valence-electron chi connectivity index (χ3n) is 4.31. The summed E-state index contributed by atoms with van der Waals surface area (Å²) in [6, 6.07) is 8.55. The number of carbonyl (C=O) groups excluding carboxylic acids is 1. The van der Waals surface area contributed by atoms with Crippen molar-refractivity contribution in [3.05, 3.63) is 58.6 Å². The molecule has 1 aromatic carbocycles. The zero-order valence-electron chi connectivity index (χ0n) is 13.3. The van der Waals surface area contributed by atoms with Gasteiger partial charge in [0.15, 0.2) is 0 Å². The minimum Gasteiger partial charge on any atom is -0.394 e. The number of pyridine rings is 1. The summed E-state index contributed by atoms with van der Waals surface area (Å²) in [5, 5.41) is 10.2. The van der Waals surface area contributed by atoms with E-state index in [1.807, 2.05) is 23.8 Å². The summed E-state index contributed by atoms with van der Waals surface area (Å²) in [7, 11) is 0. The van der Waals surface area contributed by atoms with Gasteiger partial charge in [-0.2, -0.15) is 0 Å². The first-order valence-electron chi connectivity index (χ1n) is 7.80. The lowest BCUT2D eigenvalue weighted by Crippen LogP contribution is -2.12. The van der Waals surface area contributed by atoms with Crippen LogP contribution in [-0.4, -0.2) is 27.2 Å². The fourth-order valence-corrected chi connectivity index (χ4v) is 2.97. The van der Waals surface area contributed by atoms with E-state index in [-0.39, 0.29) is 18.2 Å². The molecular weight excluding hydrogens is 306 g/mol. The Morgan fingerprint density at radius 1 is 1.29 bits per heavy atom. The van der Waals surface area contributed by atoms with Gasteiger partial charge < -0.3 is 20.4 Å². The van der Waals surface area contributed by atoms with E-state index in [2.05, 4.69) is 4.98 Å². The largest absolute Gasteiger partial charge is 0.394 e. The molecule has 6 nitrogen and oxygen atoms in total. The first-order chi connectivity index (χ1) is 11.6. The number of aromatic amines is 1. The van der Waals surface area contributed by atoms with Crippen LogP contribution in [0, 0.1) is 0 Å². The number of nitrogens with one attached hydrogen (secondary N) is 1. The quantitative estimate of drug-likeness (QED) is 0.669. The standard InChI is InChI=1S/C18H19N3O3/c1-2-13(10-22)21-9-14(16-15(21)7-8-20-18(16)24)11-3-5-12(6-4-11)17(19)23/h3-9,13,22H,2,10H2,1H3,(H2,19,23)(H,20,24). The SMILES string of the molecule is CCC(CO)n1cc(-c2ccc(C(N)=O)cc2)c2c(=O)[nH]ccc21. The average molecular weight is 325 g/mol. The average Bonchev–Trinajstić information content (AvgIpc) is 2.97. The molecular formula is C18H19N3O3. The first kappa shape index (κ1) is 16.0. The lowest BCUT2D eigenvalue weighted by molar-refractivity contribution is 0.100. The normalized spacial score (nSPS) is 12.4. The molecule has 0 saturated carbocycles. The molecule has 1 unspecified atom stereocenters. The molecule has 3 aromatic rings. The fraction of sp³-hybridized carbons (Fsp3) is 0.222. The maximum atomic E-state index is 12.4. The smallest absolute Gasteiger partial charge is 0.258 e. The monoisotopic (exact) mass is 325 g/mol. The van der Waals surface area contributed by atoms with Crippen molar-refractivity contribution in [3.8, 4) is 11.1 Å². The Bertz CT molecular complexity index is 934. The van der Waals surface area contributed by atoms with Crippen molar-refractivity contribution in [1.29, 1.82) is 0 Å². The van der Waals surface area contributed by atoms with E-state index in [0.29, 0.717) is 10.9 Å². The van der Waals surface area contributed by atoms with Gasteiger partial charge in [-0.15, -0.1) is 0 Å². The lowest BCUT2D eigenvalue weighted by Gasteiger charge is -2.15. The zero-order chi connectivity index (χ0) is 17.3. The summed E-state index contributed by atoms with van der Waals surface area (Å²) in [6.07, 6.45) is 4.22. The molecule has 2 aromatic heterocycles. The van der Waals surface area contributed by atoms with Crippen LogP contribution < -0.4 is 11.3 Å². The molecule has 0 aliphatic carbocycles. The Hall–Kier alpha value is -2.86. The maximum absolute atomic E-state index is 12.4. The number of nitrogens with two attached hydrogens (primary N) is 1. The second-order valence-electron chi connectivity index (χ2n) is 5.70. The van der Waals surface area contributed by atoms with Crippen LogP contribution >= 0.6 is 0 Å². The molecule has 124 valence electrons. The molecule has 0 saturated heterocycles. The zero-order valence-corrected chi connectivity index (χ0v) is 13.3. The van der Waals surface area contributed by atoms with Crippen molar-refractivity contribution in [1.82, 2.24) is 9.55 Å². The Morgan fingerprint density at radius 3 is 2.58 bits per heavy atom. The van der Waals surface area contributed by atoms with E-state index in [1.54, 1.807) is 30.5 Å². The van der Waals surface area contributed by atoms with Crippen LogP contribution in [0.25, 0.3) is 22.0 Å². The summed E-state index contributed by atoms with van der Waals surface area (Å²) < 4.78 is 1.93. The van der Waals surface area contributed by atoms with Crippen LogP contribution in [0.5, 0.6) is 0 Å². The summed E-state index contributed by atoms with van der Waals surface area (Å²) in [5.74, 6) is -0.492. The molecule has 6 heteroatoms. The Morgan fingerprint density at radius 2 is 2.00 bits per heavy atom. The van der Waals surface area contributed by atoms with Crippen molar-refractivity contribution < 1.29 is 9.90 Å². The number of nitrogens with zero attached hydrogens (tertiary/aromatic N) is 1. The number of fused-ring (bicyclic) bond motifs is 1. The lowest BCUT2D eigenvalue weighted by atomic mass is 10.0. The number of primary amides is 1. The number of hydrogen-bond donors (Lipinski definition) is 3. The highest BCUT2D eigenvalue weighted by molar-refractivity contribution is 5.97. The van der Waals surface area contributed by atoms with Crippen LogP contribution in [0.1, 0.15) is 29.7 Å². The Kier molecular flexibility index (Phi) is 4.22. The number of aliphatic hydroxyl groups excluding tert-OH is 1. The molecule has 1 amide bonds. The topological polar surface area (TPSA) is 101 Å². The number of amides is 1. The molecule has 0 radical (unpaired) electrons. The summed E-state index contributed by atoms with van der Waals surface area (Å²) in [5.41, 5.74) is 7.84. The van der Waals surface area contributed by atoms with E-state index in [4.69, 9.17) is 5.73 Å². The Balaban J connectivity index is 2.24. The highest BCUT2D eigenvalue weighted by atomic mass is 16.3. The van der Waals surface area contributed by atoms with Gasteiger partial charge in [0.25, 0.3) is 5.56 Å². The molecule has 0 aliphatic rings. The summed E-state index contributed by atoms with van der Waals surface area (Å²) >= 11 is 0. The van der Waals surface area contributed by atoms with Crippen LogP contribution in [0.2, 0.25) is 0 Å². The van der Waals surface area contributed by atoms with Gasteiger partial charge in [0, 0.05) is 23.5 Å². The number of aromatic nitrogens is 2. The third kappa shape index (κ3) is 2.61. The molecule has 0 aliphatic heterocycles. The second-order valence-corrected chi connectivity index (χ2v) is 5.70.